The molecule has 3 heterocycles. The Balaban J connectivity index is 1.45. The number of carbonyl (C=O) groups excluding carboxylic acids is 1. The number of carbonyl (C=O) groups is 1. The van der Waals surface area contributed by atoms with Crippen LogP contribution in [-0.2, 0) is 21.9 Å². The molecule has 0 aliphatic carbocycles. The first-order valence-electron chi connectivity index (χ1n) is 12.8. The number of alkyl halides is 6. The number of rotatable bonds is 6. The average Bonchev–Trinajstić information content (AvgIpc) is 3.26. The molecule has 0 saturated carbocycles. The molecule has 0 spiro atoms. The van der Waals surface area contributed by atoms with Gasteiger partial charge < -0.3 is 15.0 Å². The van der Waals surface area contributed by atoms with E-state index in [0.29, 0.717) is 30.1 Å². The second kappa shape index (κ2) is 10.9. The van der Waals surface area contributed by atoms with E-state index in [4.69, 9.17) is 4.74 Å². The second-order valence-electron chi connectivity index (χ2n) is 10.2. The molecule has 41 heavy (non-hydrogen) atoms. The van der Waals surface area contributed by atoms with E-state index in [9.17, 15) is 35.5 Å². The van der Waals surface area contributed by atoms with Gasteiger partial charge in [-0.3, -0.25) is 4.79 Å². The third kappa shape index (κ3) is 6.29. The number of hydrogen-bond acceptors (Lipinski definition) is 5. The Morgan fingerprint density at radius 1 is 0.976 bits per heavy atom. The van der Waals surface area contributed by atoms with E-state index >= 15 is 0 Å². The van der Waals surface area contributed by atoms with Crippen LogP contribution in [0.3, 0.4) is 0 Å². The predicted molar refractivity (Wildman–Crippen MR) is 133 cm³/mol. The van der Waals surface area contributed by atoms with Gasteiger partial charge in [-0.25, -0.2) is 14.4 Å². The number of benzene rings is 2. The van der Waals surface area contributed by atoms with E-state index in [1.54, 1.807) is 35.5 Å². The summed E-state index contributed by atoms with van der Waals surface area (Å²) in [5, 5.41) is 3.14. The molecule has 5 rings (SSSR count). The summed E-state index contributed by atoms with van der Waals surface area (Å²) in [6, 6.07) is 7.78. The van der Waals surface area contributed by atoms with Crippen LogP contribution in [0.1, 0.15) is 54.0 Å². The first-order chi connectivity index (χ1) is 19.3. The lowest BCUT2D eigenvalue weighted by molar-refractivity contribution is -0.143. The molecule has 5 atom stereocenters. The van der Waals surface area contributed by atoms with Crippen molar-refractivity contribution in [2.24, 2.45) is 0 Å². The molecule has 2 aromatic carbocycles. The molecule has 0 radical (unpaired) electrons. The molecular weight excluding hydrogens is 557 g/mol. The van der Waals surface area contributed by atoms with Crippen LogP contribution in [0.5, 0.6) is 0 Å². The molecule has 2 unspecified atom stereocenters. The lowest BCUT2D eigenvalue weighted by Crippen LogP contribution is -2.48. The van der Waals surface area contributed by atoms with Gasteiger partial charge in [0.1, 0.15) is 5.82 Å². The van der Waals surface area contributed by atoms with Crippen molar-refractivity contribution in [2.75, 3.05) is 11.9 Å². The number of anilines is 1. The van der Waals surface area contributed by atoms with Gasteiger partial charge in [-0.05, 0) is 60.9 Å². The van der Waals surface area contributed by atoms with Crippen molar-refractivity contribution in [1.29, 1.82) is 0 Å². The first-order valence-corrected chi connectivity index (χ1v) is 12.8. The van der Waals surface area contributed by atoms with Gasteiger partial charge in [0, 0.05) is 43.4 Å². The fraction of sp³-hybridized carbons (Fsp3) is 0.393. The fourth-order valence-electron chi connectivity index (χ4n) is 5.62. The first kappa shape index (κ1) is 28.8. The highest BCUT2D eigenvalue weighted by molar-refractivity contribution is 5.79. The van der Waals surface area contributed by atoms with Gasteiger partial charge in [0.05, 0.1) is 23.3 Å². The van der Waals surface area contributed by atoms with Gasteiger partial charge in [-0.15, -0.1) is 0 Å². The number of aromatic nitrogens is 2. The molecule has 1 amide bonds. The molecular formula is C28H25F7N4O2. The van der Waals surface area contributed by atoms with Crippen LogP contribution in [0.15, 0.2) is 60.9 Å². The zero-order valence-electron chi connectivity index (χ0n) is 21.6. The summed E-state index contributed by atoms with van der Waals surface area (Å²) in [4.78, 5) is 23.1. The van der Waals surface area contributed by atoms with Gasteiger partial charge in [-0.1, -0.05) is 12.1 Å². The van der Waals surface area contributed by atoms with Crippen LogP contribution in [-0.4, -0.2) is 45.5 Å². The van der Waals surface area contributed by atoms with Crippen molar-refractivity contribution in [3.05, 3.63) is 89.0 Å². The third-order valence-corrected chi connectivity index (χ3v) is 7.47. The molecule has 218 valence electrons. The highest BCUT2D eigenvalue weighted by Crippen LogP contribution is 2.44. The largest absolute Gasteiger partial charge is 0.416 e. The zero-order chi connectivity index (χ0) is 29.5. The summed E-state index contributed by atoms with van der Waals surface area (Å²) < 4.78 is 101. The lowest BCUT2D eigenvalue weighted by Gasteiger charge is -2.37. The molecule has 2 aliphatic rings. The number of piperidine rings is 1. The van der Waals surface area contributed by atoms with Crippen LogP contribution >= 0.6 is 0 Å². The average molecular weight is 583 g/mol. The minimum Gasteiger partial charge on any atom is -0.368 e. The van der Waals surface area contributed by atoms with Gasteiger partial charge >= 0.3 is 12.4 Å². The monoisotopic (exact) mass is 582 g/mol. The summed E-state index contributed by atoms with van der Waals surface area (Å²) >= 11 is 0. The number of nitrogens with one attached hydrogen (secondary N) is 1. The molecule has 2 fully saturated rings. The topological polar surface area (TPSA) is 67.3 Å². The van der Waals surface area contributed by atoms with E-state index in [1.165, 1.54) is 19.1 Å². The van der Waals surface area contributed by atoms with Crippen molar-refractivity contribution in [3.8, 4) is 0 Å². The molecule has 1 N–H and O–H groups in total. The van der Waals surface area contributed by atoms with Crippen molar-refractivity contribution in [1.82, 2.24) is 14.9 Å². The van der Waals surface area contributed by atoms with E-state index < -0.39 is 53.5 Å². The highest BCUT2D eigenvalue weighted by Gasteiger charge is 2.49. The van der Waals surface area contributed by atoms with Crippen LogP contribution < -0.4 is 5.32 Å². The molecule has 2 saturated heterocycles. The quantitative estimate of drug-likeness (QED) is 0.343. The number of halogens is 7. The normalized spacial score (nSPS) is 23.8. The molecule has 0 bridgehead atoms. The Bertz CT molecular complexity index is 1350. The van der Waals surface area contributed by atoms with E-state index in [2.05, 4.69) is 15.3 Å². The van der Waals surface area contributed by atoms with Gasteiger partial charge in [-0.2, -0.15) is 26.3 Å². The highest BCUT2D eigenvalue weighted by atomic mass is 19.4. The maximum Gasteiger partial charge on any atom is 0.416 e. The SMILES string of the molecule is C[C@@H](O[C@H]1CN2C(=O)CC(Nc3ncccn3)C[C@H]2C1c1ccc(F)cc1)c1cc(C(F)(F)F)cc(C(F)(F)F)c1. The maximum atomic E-state index is 13.8. The summed E-state index contributed by atoms with van der Waals surface area (Å²) in [6.07, 6.45) is -8.33. The van der Waals surface area contributed by atoms with Gasteiger partial charge in [0.15, 0.2) is 0 Å². The Kier molecular flexibility index (Phi) is 7.66. The number of fused-ring (bicyclic) bond motifs is 1. The number of amides is 1. The number of hydrogen-bond donors (Lipinski definition) is 1. The molecule has 1 aromatic heterocycles. The van der Waals surface area contributed by atoms with Gasteiger partial charge in [0.2, 0.25) is 11.9 Å². The minimum absolute atomic E-state index is 0.0650. The maximum absolute atomic E-state index is 13.8. The van der Waals surface area contributed by atoms with Crippen molar-refractivity contribution >= 4 is 11.9 Å². The predicted octanol–water partition coefficient (Wildman–Crippen LogP) is 6.37. The van der Waals surface area contributed by atoms with E-state index in [0.717, 1.165) is 0 Å². The molecule has 6 nitrogen and oxygen atoms in total. The smallest absolute Gasteiger partial charge is 0.368 e. The Hall–Kier alpha value is -3.74. The molecule has 2 aliphatic heterocycles. The van der Waals surface area contributed by atoms with E-state index in [1.807, 2.05) is 0 Å². The summed E-state index contributed by atoms with van der Waals surface area (Å²) in [6.45, 7) is 1.43. The fourth-order valence-corrected chi connectivity index (χ4v) is 5.62. The van der Waals surface area contributed by atoms with Crippen molar-refractivity contribution < 1.29 is 40.3 Å². The third-order valence-electron chi connectivity index (χ3n) is 7.47. The van der Waals surface area contributed by atoms with Crippen LogP contribution in [0.2, 0.25) is 0 Å². The van der Waals surface area contributed by atoms with Crippen molar-refractivity contribution in [2.45, 2.75) is 62.3 Å². The number of nitrogens with zero attached hydrogens (tertiary/aromatic N) is 3. The standard InChI is InChI=1S/C28H25F7N4O2/c1-15(17-9-18(27(30,31)32)11-19(10-17)28(33,34)35)41-23-14-39-22(25(23)16-3-5-20(29)6-4-16)12-21(13-24(39)40)38-26-36-7-2-8-37-26/h2-11,15,21-23,25H,12-14H2,1H3,(H,36,37,38)/t15-,21?,22+,23+,25?/m1/s1. The van der Waals surface area contributed by atoms with Crippen LogP contribution in [0.25, 0.3) is 0 Å². The Labute approximate surface area is 230 Å². The van der Waals surface area contributed by atoms with Gasteiger partial charge in [0.25, 0.3) is 0 Å². The minimum atomic E-state index is -5.00. The Morgan fingerprint density at radius 2 is 1.59 bits per heavy atom. The van der Waals surface area contributed by atoms with E-state index in [-0.39, 0.29) is 36.5 Å². The summed E-state index contributed by atoms with van der Waals surface area (Å²) in [5.41, 5.74) is -2.56. The summed E-state index contributed by atoms with van der Waals surface area (Å²) in [7, 11) is 0. The lowest BCUT2D eigenvalue weighted by atomic mass is 9.84. The Morgan fingerprint density at radius 3 is 2.17 bits per heavy atom. The summed E-state index contributed by atoms with van der Waals surface area (Å²) in [5.74, 6) is -0.893. The second-order valence-corrected chi connectivity index (χ2v) is 10.2. The van der Waals surface area contributed by atoms with Crippen LogP contribution in [0, 0.1) is 5.82 Å². The van der Waals surface area contributed by atoms with Crippen LogP contribution in [0.4, 0.5) is 36.7 Å². The van der Waals surface area contributed by atoms with Crippen molar-refractivity contribution in [3.63, 3.8) is 0 Å². The zero-order valence-corrected chi connectivity index (χ0v) is 21.6. The number of ether oxygens (including phenoxy) is 1. The molecule has 13 heteroatoms. The molecule has 3 aromatic rings.